The van der Waals surface area contributed by atoms with Gasteiger partial charge < -0.3 is 4.57 Å². The molecule has 1 rings (SSSR count). The van der Waals surface area contributed by atoms with Crippen LogP contribution in [0.2, 0.25) is 0 Å². The Morgan fingerprint density at radius 2 is 2.00 bits per heavy atom. The van der Waals surface area contributed by atoms with Gasteiger partial charge >= 0.3 is 0 Å². The fourth-order valence-corrected chi connectivity index (χ4v) is 0.974. The lowest BCUT2D eigenvalue weighted by molar-refractivity contribution is 1.15. The van der Waals surface area contributed by atoms with Gasteiger partial charge in [0.05, 0.1) is 0 Å². The smallest absolute Gasteiger partial charge is 0.0213 e. The van der Waals surface area contributed by atoms with Crippen LogP contribution in [0.5, 0.6) is 0 Å². The van der Waals surface area contributed by atoms with E-state index in [0.717, 1.165) is 0 Å². The van der Waals surface area contributed by atoms with Crippen molar-refractivity contribution in [3.63, 3.8) is 0 Å². The van der Waals surface area contributed by atoms with Crippen LogP contribution in [0.4, 0.5) is 0 Å². The Kier molecular flexibility index (Phi) is 3.30. The third kappa shape index (κ3) is 2.85. The number of rotatable bonds is 3. The average Bonchev–Trinajstić information content (AvgIpc) is 2.52. The first-order chi connectivity index (χ1) is 5.33. The predicted molar refractivity (Wildman–Crippen MR) is 52.7 cm³/mol. The highest BCUT2D eigenvalue weighted by molar-refractivity contribution is 7.99. The largest absolute Gasteiger partial charge is 0.331 e. The Morgan fingerprint density at radius 3 is 2.55 bits per heavy atom. The van der Waals surface area contributed by atoms with Crippen molar-refractivity contribution in [2.24, 2.45) is 0 Å². The summed E-state index contributed by atoms with van der Waals surface area (Å²) in [5.74, 6) is 0. The fourth-order valence-electron chi connectivity index (χ4n) is 0.746. The molecule has 1 heterocycles. The molecule has 0 spiro atoms. The van der Waals surface area contributed by atoms with Crippen molar-refractivity contribution < 1.29 is 0 Å². The number of hydrogen-bond acceptors (Lipinski definition) is 1. The lowest BCUT2D eigenvalue weighted by Gasteiger charge is -1.99. The van der Waals surface area contributed by atoms with E-state index in [1.54, 1.807) is 0 Å². The van der Waals surface area contributed by atoms with E-state index in [-0.39, 0.29) is 0 Å². The van der Waals surface area contributed by atoms with E-state index in [1.807, 2.05) is 40.9 Å². The maximum absolute atomic E-state index is 2.19. The van der Waals surface area contributed by atoms with Gasteiger partial charge in [-0.2, -0.15) is 11.8 Å². The van der Waals surface area contributed by atoms with E-state index in [1.165, 1.54) is 0 Å². The molecule has 2 heteroatoms. The van der Waals surface area contributed by atoms with Gasteiger partial charge in [0.25, 0.3) is 0 Å². The van der Waals surface area contributed by atoms with E-state index in [2.05, 4.69) is 25.5 Å². The van der Waals surface area contributed by atoms with Crippen LogP contribution in [0.1, 0.15) is 6.92 Å². The maximum Gasteiger partial charge on any atom is 0.0213 e. The van der Waals surface area contributed by atoms with E-state index >= 15 is 0 Å². The average molecular weight is 167 g/mol. The lowest BCUT2D eigenvalue weighted by atomic mass is 10.4. The first-order valence-corrected chi connectivity index (χ1v) is 4.95. The second-order valence-electron chi connectivity index (χ2n) is 2.41. The van der Waals surface area contributed by atoms with Crippen LogP contribution in [0, 0.1) is 0 Å². The first kappa shape index (κ1) is 8.47. The molecule has 0 amide bonds. The highest BCUT2D eigenvalue weighted by Crippen LogP contribution is 2.06. The van der Waals surface area contributed by atoms with Gasteiger partial charge in [0.15, 0.2) is 0 Å². The summed E-state index contributed by atoms with van der Waals surface area (Å²) in [5.41, 5.74) is 0. The zero-order chi connectivity index (χ0) is 8.10. The van der Waals surface area contributed by atoms with Crippen molar-refractivity contribution in [3.8, 4) is 0 Å². The summed E-state index contributed by atoms with van der Waals surface area (Å²) in [6.45, 7) is 2.19. The quantitative estimate of drug-likeness (QED) is 0.670. The van der Waals surface area contributed by atoms with Crippen molar-refractivity contribution in [2.75, 3.05) is 6.26 Å². The van der Waals surface area contributed by atoms with Gasteiger partial charge in [-0.05, 0) is 25.3 Å². The Labute approximate surface area is 72.1 Å². The van der Waals surface area contributed by atoms with E-state index in [9.17, 15) is 0 Å². The van der Waals surface area contributed by atoms with E-state index in [4.69, 9.17) is 0 Å². The van der Waals surface area contributed by atoms with Gasteiger partial charge in [0.1, 0.15) is 0 Å². The predicted octanol–water partition coefficient (Wildman–Crippen LogP) is 2.71. The van der Waals surface area contributed by atoms with Gasteiger partial charge in [-0.15, -0.1) is 0 Å². The van der Waals surface area contributed by atoms with Crippen LogP contribution < -0.4 is 0 Å². The molecule has 0 fully saturated rings. The van der Waals surface area contributed by atoms with E-state index < -0.39 is 0 Å². The Morgan fingerprint density at radius 1 is 1.36 bits per heavy atom. The van der Waals surface area contributed by atoms with Crippen LogP contribution in [-0.2, 0) is 0 Å². The summed E-state index contributed by atoms with van der Waals surface area (Å²) >= 11 is 1.85. The van der Waals surface area contributed by atoms with Crippen LogP contribution in [-0.4, -0.2) is 16.1 Å². The molecule has 1 unspecified atom stereocenters. The van der Waals surface area contributed by atoms with Crippen molar-refractivity contribution in [2.45, 2.75) is 12.2 Å². The van der Waals surface area contributed by atoms with Gasteiger partial charge in [0.2, 0.25) is 0 Å². The van der Waals surface area contributed by atoms with Crippen molar-refractivity contribution in [1.29, 1.82) is 0 Å². The second-order valence-corrected chi connectivity index (χ2v) is 3.63. The number of nitrogens with zero attached hydrogens (tertiary/aromatic N) is 1. The third-order valence-electron chi connectivity index (χ3n) is 1.53. The van der Waals surface area contributed by atoms with Crippen molar-refractivity contribution in [1.82, 2.24) is 4.57 Å². The van der Waals surface area contributed by atoms with Gasteiger partial charge in [-0.3, -0.25) is 0 Å². The molecule has 0 N–H and O–H groups in total. The Bertz CT molecular complexity index is 213. The SMILES string of the molecule is CSC(C)C=Cn1cccc1. The third-order valence-corrected chi connectivity index (χ3v) is 2.43. The molecular formula is C9H13NS. The van der Waals surface area contributed by atoms with Crippen molar-refractivity contribution in [3.05, 3.63) is 30.6 Å². The normalized spacial score (nSPS) is 14.0. The zero-order valence-electron chi connectivity index (χ0n) is 6.90. The molecule has 1 atom stereocenters. The van der Waals surface area contributed by atoms with Gasteiger partial charge in [-0.25, -0.2) is 0 Å². The highest BCUT2D eigenvalue weighted by atomic mass is 32.2. The Balaban J connectivity index is 2.48. The standard InChI is InChI=1S/C9H13NS/c1-9(11-2)5-8-10-6-3-4-7-10/h3-9H,1-2H3. The second kappa shape index (κ2) is 4.29. The lowest BCUT2D eigenvalue weighted by Crippen LogP contribution is -1.88. The molecule has 60 valence electrons. The fraction of sp³-hybridized carbons (Fsp3) is 0.333. The number of aromatic nitrogens is 1. The van der Waals surface area contributed by atoms with Crippen LogP contribution in [0.25, 0.3) is 6.20 Å². The minimum Gasteiger partial charge on any atom is -0.331 e. The number of thioether (sulfide) groups is 1. The molecular weight excluding hydrogens is 154 g/mol. The van der Waals surface area contributed by atoms with Crippen molar-refractivity contribution >= 4 is 18.0 Å². The molecule has 0 aliphatic rings. The van der Waals surface area contributed by atoms with Crippen LogP contribution >= 0.6 is 11.8 Å². The molecule has 1 aromatic rings. The minimum atomic E-state index is 0.595. The summed E-state index contributed by atoms with van der Waals surface area (Å²) in [5, 5.41) is 0.595. The highest BCUT2D eigenvalue weighted by Gasteiger charge is 1.89. The summed E-state index contributed by atoms with van der Waals surface area (Å²) < 4.78 is 2.05. The maximum atomic E-state index is 2.19. The molecule has 0 aliphatic carbocycles. The van der Waals surface area contributed by atoms with Gasteiger partial charge in [-0.1, -0.05) is 6.08 Å². The molecule has 1 nitrogen and oxygen atoms in total. The monoisotopic (exact) mass is 167 g/mol. The molecule has 0 saturated carbocycles. The summed E-state index contributed by atoms with van der Waals surface area (Å²) in [4.78, 5) is 0. The first-order valence-electron chi connectivity index (χ1n) is 3.66. The molecule has 0 aromatic carbocycles. The molecule has 1 aromatic heterocycles. The summed E-state index contributed by atoms with van der Waals surface area (Å²) in [6, 6.07) is 4.04. The zero-order valence-corrected chi connectivity index (χ0v) is 7.71. The number of hydrogen-bond donors (Lipinski definition) is 0. The van der Waals surface area contributed by atoms with E-state index in [0.29, 0.717) is 5.25 Å². The van der Waals surface area contributed by atoms with Crippen LogP contribution in [0.15, 0.2) is 30.6 Å². The Hall–Kier alpha value is -0.630. The van der Waals surface area contributed by atoms with Crippen LogP contribution in [0.3, 0.4) is 0 Å². The topological polar surface area (TPSA) is 4.93 Å². The summed E-state index contributed by atoms with van der Waals surface area (Å²) in [6.07, 6.45) is 10.4. The summed E-state index contributed by atoms with van der Waals surface area (Å²) in [7, 11) is 0. The molecule has 0 saturated heterocycles. The minimum absolute atomic E-state index is 0.595. The van der Waals surface area contributed by atoms with Gasteiger partial charge in [0, 0.05) is 23.8 Å². The molecule has 0 aliphatic heterocycles. The molecule has 0 radical (unpaired) electrons. The molecule has 0 bridgehead atoms. The molecule has 11 heavy (non-hydrogen) atoms.